The third-order valence-corrected chi connectivity index (χ3v) is 6.18. The zero-order valence-electron chi connectivity index (χ0n) is 20.3. The fraction of sp³-hybridized carbons (Fsp3) is 0.345. The van der Waals surface area contributed by atoms with Gasteiger partial charge in [0.1, 0.15) is 12.2 Å². The van der Waals surface area contributed by atoms with Gasteiger partial charge in [-0.2, -0.15) is 0 Å². The fourth-order valence-electron chi connectivity index (χ4n) is 4.30. The lowest BCUT2D eigenvalue weighted by molar-refractivity contribution is -0.218. The van der Waals surface area contributed by atoms with Gasteiger partial charge in [-0.3, -0.25) is 0 Å². The molecule has 7 heteroatoms. The molecule has 36 heavy (non-hydrogen) atoms. The third-order valence-electron chi connectivity index (χ3n) is 6.18. The van der Waals surface area contributed by atoms with Crippen molar-refractivity contribution in [3.63, 3.8) is 0 Å². The molecular weight excluding hydrogens is 456 g/mol. The summed E-state index contributed by atoms with van der Waals surface area (Å²) in [5, 5.41) is 2.71. The van der Waals surface area contributed by atoms with Crippen LogP contribution >= 0.6 is 0 Å². The molecule has 3 aromatic carbocycles. The molecule has 1 heterocycles. The number of benzene rings is 3. The first kappa shape index (κ1) is 25.9. The Bertz CT molecular complexity index is 1040. The first-order valence-electron chi connectivity index (χ1n) is 12.3. The number of ether oxygens (including phenoxy) is 4. The molecule has 0 saturated carbocycles. The molecule has 2 amide bonds. The van der Waals surface area contributed by atoms with Crippen LogP contribution in [0.2, 0.25) is 0 Å². The Balaban J connectivity index is 1.49. The number of hydrogen-bond acceptors (Lipinski definition) is 5. The van der Waals surface area contributed by atoms with Crippen molar-refractivity contribution in [2.75, 3.05) is 19.8 Å². The zero-order chi connectivity index (χ0) is 25.0. The van der Waals surface area contributed by atoms with Crippen LogP contribution in [0.25, 0.3) is 0 Å². The molecule has 7 nitrogen and oxygen atoms in total. The topological polar surface area (TPSA) is 92.0 Å². The molecule has 1 aliphatic rings. The van der Waals surface area contributed by atoms with E-state index in [2.05, 4.69) is 5.32 Å². The molecular formula is C29H34N2O5. The van der Waals surface area contributed by atoms with Crippen molar-refractivity contribution in [3.05, 3.63) is 108 Å². The van der Waals surface area contributed by atoms with Crippen molar-refractivity contribution >= 4 is 6.03 Å². The lowest BCUT2D eigenvalue weighted by Crippen LogP contribution is -2.56. The van der Waals surface area contributed by atoms with Crippen LogP contribution < -0.4 is 11.1 Å². The third kappa shape index (κ3) is 7.90. The zero-order valence-corrected chi connectivity index (χ0v) is 20.3. The average molecular weight is 491 g/mol. The molecule has 3 N–H and O–H groups in total. The maximum absolute atomic E-state index is 11.4. The van der Waals surface area contributed by atoms with Crippen molar-refractivity contribution in [3.8, 4) is 0 Å². The second-order valence-corrected chi connectivity index (χ2v) is 8.90. The second-order valence-electron chi connectivity index (χ2n) is 8.90. The predicted molar refractivity (Wildman–Crippen MR) is 137 cm³/mol. The normalized spacial score (nSPS) is 21.7. The van der Waals surface area contributed by atoms with E-state index >= 15 is 0 Å². The van der Waals surface area contributed by atoms with Crippen LogP contribution in [0, 0.1) is 5.92 Å². The summed E-state index contributed by atoms with van der Waals surface area (Å²) >= 11 is 0. The number of hydrogen-bond donors (Lipinski definition) is 2. The van der Waals surface area contributed by atoms with E-state index in [1.165, 1.54) is 0 Å². The van der Waals surface area contributed by atoms with Crippen molar-refractivity contribution in [2.45, 2.75) is 38.1 Å². The summed E-state index contributed by atoms with van der Waals surface area (Å²) in [4.78, 5) is 11.4. The van der Waals surface area contributed by atoms with Gasteiger partial charge in [-0.05, 0) is 16.7 Å². The largest absolute Gasteiger partial charge is 0.374 e. The van der Waals surface area contributed by atoms with Gasteiger partial charge in [0, 0.05) is 12.5 Å². The molecule has 4 atom stereocenters. The summed E-state index contributed by atoms with van der Waals surface area (Å²) in [5.74, 6) is -0.132. The molecule has 0 radical (unpaired) electrons. The van der Waals surface area contributed by atoms with Crippen LogP contribution in [0.5, 0.6) is 0 Å². The first-order chi connectivity index (χ1) is 17.7. The molecule has 0 spiro atoms. The standard InChI is InChI=1S/C29H34N2O5/c30-29(32)31-16-25-20-34-26(21-33-17-22-10-4-1-5-11-22)28(36-19-24-14-8-3-9-15-24)27(25)35-18-23-12-6-2-7-13-23/h1-15,25-28H,16-21H2,(H3,30,31,32)/t25-,26-,27-,28+/m1/s1. The summed E-state index contributed by atoms with van der Waals surface area (Å²) in [6.07, 6.45) is -1.07. The van der Waals surface area contributed by atoms with Crippen molar-refractivity contribution in [1.82, 2.24) is 5.32 Å². The molecule has 0 bridgehead atoms. The Kier molecular flexibility index (Phi) is 9.87. The summed E-state index contributed by atoms with van der Waals surface area (Å²) in [7, 11) is 0. The number of nitrogens with one attached hydrogen (secondary N) is 1. The van der Waals surface area contributed by atoms with Gasteiger partial charge in [0.15, 0.2) is 0 Å². The van der Waals surface area contributed by atoms with Crippen LogP contribution in [0.4, 0.5) is 4.79 Å². The number of carbonyl (C=O) groups excluding carboxylic acids is 1. The Morgan fingerprint density at radius 3 is 1.81 bits per heavy atom. The highest BCUT2D eigenvalue weighted by atomic mass is 16.6. The number of urea groups is 1. The van der Waals surface area contributed by atoms with Crippen LogP contribution in [-0.4, -0.2) is 44.1 Å². The number of rotatable bonds is 12. The van der Waals surface area contributed by atoms with E-state index in [0.29, 0.717) is 39.6 Å². The monoisotopic (exact) mass is 490 g/mol. The molecule has 4 rings (SSSR count). The lowest BCUT2D eigenvalue weighted by Gasteiger charge is -2.42. The average Bonchev–Trinajstić information content (AvgIpc) is 2.92. The van der Waals surface area contributed by atoms with Crippen LogP contribution in [0.1, 0.15) is 16.7 Å². The minimum absolute atomic E-state index is 0.132. The van der Waals surface area contributed by atoms with Crippen LogP contribution in [-0.2, 0) is 38.8 Å². The first-order valence-corrected chi connectivity index (χ1v) is 12.3. The van der Waals surface area contributed by atoms with Crippen molar-refractivity contribution in [1.29, 1.82) is 0 Å². The summed E-state index contributed by atoms with van der Waals surface area (Å²) < 4.78 is 25.2. The van der Waals surface area contributed by atoms with E-state index < -0.39 is 12.1 Å². The second kappa shape index (κ2) is 13.8. The smallest absolute Gasteiger partial charge is 0.312 e. The van der Waals surface area contributed by atoms with E-state index in [9.17, 15) is 4.79 Å². The van der Waals surface area contributed by atoms with Gasteiger partial charge in [-0.1, -0.05) is 91.0 Å². The van der Waals surface area contributed by atoms with Gasteiger partial charge < -0.3 is 30.0 Å². The number of nitrogens with two attached hydrogens (primary N) is 1. The summed E-state index contributed by atoms with van der Waals surface area (Å²) in [6, 6.07) is 29.4. The molecule has 0 unspecified atom stereocenters. The molecule has 1 fully saturated rings. The van der Waals surface area contributed by atoms with E-state index in [1.807, 2.05) is 91.0 Å². The van der Waals surface area contributed by atoms with Crippen LogP contribution in [0.3, 0.4) is 0 Å². The quantitative estimate of drug-likeness (QED) is 0.400. The molecule has 0 aliphatic carbocycles. The van der Waals surface area contributed by atoms with Crippen molar-refractivity contribution < 1.29 is 23.7 Å². The Morgan fingerprint density at radius 1 is 0.778 bits per heavy atom. The predicted octanol–water partition coefficient (Wildman–Crippen LogP) is 4.06. The highest BCUT2D eigenvalue weighted by Crippen LogP contribution is 2.28. The van der Waals surface area contributed by atoms with Gasteiger partial charge in [0.2, 0.25) is 0 Å². The number of primary amides is 1. The Morgan fingerprint density at radius 2 is 1.28 bits per heavy atom. The van der Waals surface area contributed by atoms with E-state index in [1.54, 1.807) is 0 Å². The molecule has 3 aromatic rings. The minimum Gasteiger partial charge on any atom is -0.374 e. The molecule has 0 aromatic heterocycles. The molecule has 1 aliphatic heterocycles. The number of carbonyl (C=O) groups is 1. The Hall–Kier alpha value is -3.23. The van der Waals surface area contributed by atoms with E-state index in [4.69, 9.17) is 24.7 Å². The van der Waals surface area contributed by atoms with Gasteiger partial charge in [0.05, 0.1) is 39.1 Å². The molecule has 1 saturated heterocycles. The maximum Gasteiger partial charge on any atom is 0.312 e. The van der Waals surface area contributed by atoms with E-state index in [-0.39, 0.29) is 18.1 Å². The van der Waals surface area contributed by atoms with Crippen LogP contribution in [0.15, 0.2) is 91.0 Å². The summed E-state index contributed by atoms with van der Waals surface area (Å²) in [5.41, 5.74) is 8.56. The minimum atomic E-state index is -0.577. The highest BCUT2D eigenvalue weighted by molar-refractivity contribution is 5.71. The summed E-state index contributed by atoms with van der Waals surface area (Å²) in [6.45, 7) is 2.39. The lowest BCUT2D eigenvalue weighted by atomic mass is 9.91. The SMILES string of the molecule is NC(=O)NC[C@@H]1CO[C@H](COCc2ccccc2)[C@H](OCc2ccccc2)[C@@H]1OCc1ccccc1. The molecule has 190 valence electrons. The van der Waals surface area contributed by atoms with Gasteiger partial charge >= 0.3 is 6.03 Å². The number of amides is 2. The van der Waals surface area contributed by atoms with Crippen molar-refractivity contribution in [2.24, 2.45) is 11.7 Å². The highest BCUT2D eigenvalue weighted by Gasteiger charge is 2.42. The van der Waals surface area contributed by atoms with Gasteiger partial charge in [-0.25, -0.2) is 4.79 Å². The Labute approximate surface area is 212 Å². The fourth-order valence-corrected chi connectivity index (χ4v) is 4.30. The van der Waals surface area contributed by atoms with Gasteiger partial charge in [-0.15, -0.1) is 0 Å². The maximum atomic E-state index is 11.4. The van der Waals surface area contributed by atoms with Gasteiger partial charge in [0.25, 0.3) is 0 Å². The van der Waals surface area contributed by atoms with E-state index in [0.717, 1.165) is 16.7 Å².